The number of carbonyl (C=O) groups is 2. The summed E-state index contributed by atoms with van der Waals surface area (Å²) in [5.74, 6) is 1.64. The Morgan fingerprint density at radius 3 is 1.90 bits per heavy atom. The third-order valence-electron chi connectivity index (χ3n) is 8.74. The van der Waals surface area contributed by atoms with Gasteiger partial charge in [-0.2, -0.15) is 0 Å². The SMILES string of the molecule is CC(OC(=O)C1CC2CC1C(C(C)(C)C)C2C(C)(C)C)C(=O)OC1(C(C)C)CCCC1. The van der Waals surface area contributed by atoms with Crippen molar-refractivity contribution >= 4 is 11.9 Å². The van der Waals surface area contributed by atoms with E-state index in [4.69, 9.17) is 9.47 Å². The van der Waals surface area contributed by atoms with Gasteiger partial charge >= 0.3 is 11.9 Å². The van der Waals surface area contributed by atoms with Crippen molar-refractivity contribution in [3.05, 3.63) is 0 Å². The van der Waals surface area contributed by atoms with Crippen LogP contribution >= 0.6 is 0 Å². The van der Waals surface area contributed by atoms with Crippen molar-refractivity contribution in [1.29, 1.82) is 0 Å². The smallest absolute Gasteiger partial charge is 0.347 e. The molecule has 0 heterocycles. The average Bonchev–Trinajstić information content (AvgIpc) is 3.34. The minimum absolute atomic E-state index is 0.0892. The molecule has 4 nitrogen and oxygen atoms in total. The number of esters is 2. The second-order valence-electron chi connectivity index (χ2n) is 13.2. The highest BCUT2D eigenvalue weighted by molar-refractivity contribution is 5.80. The van der Waals surface area contributed by atoms with Gasteiger partial charge in [0.2, 0.25) is 0 Å². The molecule has 178 valence electrons. The molecule has 0 saturated heterocycles. The molecule has 0 aromatic heterocycles. The second kappa shape index (κ2) is 8.37. The molecule has 2 bridgehead atoms. The second-order valence-corrected chi connectivity index (χ2v) is 13.2. The summed E-state index contributed by atoms with van der Waals surface area (Å²) in [5.41, 5.74) is -0.00972. The third kappa shape index (κ3) is 4.69. The lowest BCUT2D eigenvalue weighted by Crippen LogP contribution is -2.45. The lowest BCUT2D eigenvalue weighted by atomic mass is 9.57. The zero-order valence-corrected chi connectivity index (χ0v) is 21.4. The van der Waals surface area contributed by atoms with Crippen molar-refractivity contribution < 1.29 is 19.1 Å². The zero-order valence-electron chi connectivity index (χ0n) is 21.4. The first-order chi connectivity index (χ1) is 14.2. The van der Waals surface area contributed by atoms with Crippen LogP contribution in [0.1, 0.15) is 101 Å². The lowest BCUT2D eigenvalue weighted by molar-refractivity contribution is -0.184. The van der Waals surface area contributed by atoms with Crippen molar-refractivity contribution in [3.8, 4) is 0 Å². The van der Waals surface area contributed by atoms with E-state index in [1.54, 1.807) is 6.92 Å². The Bertz CT molecular complexity index is 674. The van der Waals surface area contributed by atoms with Crippen molar-refractivity contribution in [2.24, 2.45) is 46.3 Å². The molecule has 3 aliphatic carbocycles. The molecular formula is C27H46O4. The normalized spacial score (nSPS) is 33.5. The van der Waals surface area contributed by atoms with E-state index in [0.29, 0.717) is 23.7 Å². The maximum atomic E-state index is 13.2. The fraction of sp³-hybridized carbons (Fsp3) is 0.926. The molecule has 0 spiro atoms. The van der Waals surface area contributed by atoms with Gasteiger partial charge in [-0.05, 0) is 85.9 Å². The lowest BCUT2D eigenvalue weighted by Gasteiger charge is -2.48. The Hall–Kier alpha value is -1.06. The monoisotopic (exact) mass is 434 g/mol. The summed E-state index contributed by atoms with van der Waals surface area (Å²) >= 11 is 0. The highest BCUT2D eigenvalue weighted by atomic mass is 16.6. The Morgan fingerprint density at radius 2 is 1.42 bits per heavy atom. The van der Waals surface area contributed by atoms with Crippen molar-refractivity contribution in [1.82, 2.24) is 0 Å². The molecule has 0 N–H and O–H groups in total. The van der Waals surface area contributed by atoms with Crippen LogP contribution < -0.4 is 0 Å². The predicted molar refractivity (Wildman–Crippen MR) is 123 cm³/mol. The number of hydrogen-bond acceptors (Lipinski definition) is 4. The van der Waals surface area contributed by atoms with Gasteiger partial charge in [0.25, 0.3) is 0 Å². The standard InChI is InChI=1S/C27H46O4/c1-16(2)27(12-10-11-13-27)31-23(28)17(3)30-24(29)20-15-18-14-19(20)22(26(7,8)9)21(18)25(4,5)6/h16-22H,10-15H2,1-9H3. The van der Waals surface area contributed by atoms with Crippen molar-refractivity contribution in [3.63, 3.8) is 0 Å². The molecular weight excluding hydrogens is 388 g/mol. The van der Waals surface area contributed by atoms with Crippen LogP contribution in [0.25, 0.3) is 0 Å². The molecule has 3 aliphatic rings. The Labute approximate surface area is 190 Å². The summed E-state index contributed by atoms with van der Waals surface area (Å²) in [5, 5.41) is 0. The first kappa shape index (κ1) is 24.6. The topological polar surface area (TPSA) is 52.6 Å². The van der Waals surface area contributed by atoms with Gasteiger partial charge in [-0.3, -0.25) is 4.79 Å². The summed E-state index contributed by atoms with van der Waals surface area (Å²) < 4.78 is 11.7. The maximum absolute atomic E-state index is 13.2. The maximum Gasteiger partial charge on any atom is 0.347 e. The first-order valence-electron chi connectivity index (χ1n) is 12.6. The van der Waals surface area contributed by atoms with E-state index >= 15 is 0 Å². The largest absolute Gasteiger partial charge is 0.456 e. The molecule has 0 amide bonds. The van der Waals surface area contributed by atoms with Gasteiger partial charge in [0.15, 0.2) is 6.10 Å². The number of fused-ring (bicyclic) bond motifs is 2. The highest BCUT2D eigenvalue weighted by Crippen LogP contribution is 2.64. The molecule has 3 rings (SSSR count). The molecule has 0 aromatic carbocycles. The van der Waals surface area contributed by atoms with E-state index in [-0.39, 0.29) is 40.2 Å². The van der Waals surface area contributed by atoms with Gasteiger partial charge in [-0.25, -0.2) is 4.79 Å². The number of rotatable bonds is 5. The zero-order chi connectivity index (χ0) is 23.4. The Balaban J connectivity index is 1.67. The van der Waals surface area contributed by atoms with Crippen LogP contribution in [0.4, 0.5) is 0 Å². The van der Waals surface area contributed by atoms with Crippen LogP contribution in [0.5, 0.6) is 0 Å². The summed E-state index contributed by atoms with van der Waals surface area (Å²) in [7, 11) is 0. The molecule has 4 heteroatoms. The molecule has 0 aliphatic heterocycles. The third-order valence-corrected chi connectivity index (χ3v) is 8.74. The van der Waals surface area contributed by atoms with Gasteiger partial charge in [-0.15, -0.1) is 0 Å². The van der Waals surface area contributed by atoms with Gasteiger partial charge in [0.1, 0.15) is 5.60 Å². The summed E-state index contributed by atoms with van der Waals surface area (Å²) in [6, 6.07) is 0. The summed E-state index contributed by atoms with van der Waals surface area (Å²) in [6.45, 7) is 19.9. The minimum atomic E-state index is -0.839. The van der Waals surface area contributed by atoms with E-state index in [2.05, 4.69) is 55.4 Å². The van der Waals surface area contributed by atoms with Gasteiger partial charge in [0.05, 0.1) is 5.92 Å². The highest BCUT2D eigenvalue weighted by Gasteiger charge is 2.60. The molecule has 0 radical (unpaired) electrons. The van der Waals surface area contributed by atoms with Gasteiger partial charge in [-0.1, -0.05) is 55.4 Å². The molecule has 6 atom stereocenters. The van der Waals surface area contributed by atoms with E-state index in [0.717, 1.165) is 38.5 Å². The minimum Gasteiger partial charge on any atom is -0.456 e. The van der Waals surface area contributed by atoms with E-state index in [9.17, 15) is 9.59 Å². The molecule has 3 fully saturated rings. The van der Waals surface area contributed by atoms with Crippen LogP contribution in [0.15, 0.2) is 0 Å². The number of ether oxygens (including phenoxy) is 2. The number of hydrogen-bond donors (Lipinski definition) is 0. The fourth-order valence-electron chi connectivity index (χ4n) is 7.42. The van der Waals surface area contributed by atoms with E-state index in [1.165, 1.54) is 0 Å². The van der Waals surface area contributed by atoms with Crippen LogP contribution in [0.3, 0.4) is 0 Å². The fourth-order valence-corrected chi connectivity index (χ4v) is 7.42. The quantitative estimate of drug-likeness (QED) is 0.469. The van der Waals surface area contributed by atoms with Crippen LogP contribution in [-0.2, 0) is 19.1 Å². The average molecular weight is 435 g/mol. The van der Waals surface area contributed by atoms with Crippen molar-refractivity contribution in [2.45, 2.75) is 113 Å². The summed E-state index contributed by atoms with van der Waals surface area (Å²) in [4.78, 5) is 26.0. The first-order valence-corrected chi connectivity index (χ1v) is 12.6. The molecule has 31 heavy (non-hydrogen) atoms. The summed E-state index contributed by atoms with van der Waals surface area (Å²) in [6.07, 6.45) is 5.17. The van der Waals surface area contributed by atoms with Gasteiger partial charge in [0, 0.05) is 0 Å². The predicted octanol–water partition coefficient (Wildman–Crippen LogP) is 6.41. The Morgan fingerprint density at radius 1 is 0.871 bits per heavy atom. The van der Waals surface area contributed by atoms with E-state index in [1.807, 2.05) is 0 Å². The number of carbonyl (C=O) groups excluding carboxylic acids is 2. The van der Waals surface area contributed by atoms with Crippen LogP contribution in [0.2, 0.25) is 0 Å². The van der Waals surface area contributed by atoms with E-state index < -0.39 is 6.10 Å². The molecule has 3 saturated carbocycles. The van der Waals surface area contributed by atoms with Crippen LogP contribution in [-0.4, -0.2) is 23.6 Å². The van der Waals surface area contributed by atoms with Crippen LogP contribution in [0, 0.1) is 46.3 Å². The van der Waals surface area contributed by atoms with Crippen molar-refractivity contribution in [2.75, 3.05) is 0 Å². The molecule has 6 unspecified atom stereocenters. The van der Waals surface area contributed by atoms with Gasteiger partial charge < -0.3 is 9.47 Å². The molecule has 0 aromatic rings. The Kier molecular flexibility index (Phi) is 6.64.